The quantitative estimate of drug-likeness (QED) is 0.831. The zero-order chi connectivity index (χ0) is 14.8. The van der Waals surface area contributed by atoms with E-state index in [4.69, 9.17) is 10.5 Å². The second-order valence-corrected chi connectivity index (χ2v) is 5.89. The highest BCUT2D eigenvalue weighted by Crippen LogP contribution is 2.39. The van der Waals surface area contributed by atoms with E-state index in [-0.39, 0.29) is 5.82 Å². The fraction of sp³-hybridized carbons (Fsp3) is 0.429. The molecule has 0 saturated heterocycles. The molecule has 21 heavy (non-hydrogen) atoms. The highest BCUT2D eigenvalue weighted by Gasteiger charge is 2.29. The van der Waals surface area contributed by atoms with Gasteiger partial charge in [-0.1, -0.05) is 11.8 Å². The summed E-state index contributed by atoms with van der Waals surface area (Å²) < 4.78 is 20.7. The lowest BCUT2D eigenvalue weighted by Gasteiger charge is -2.10. The highest BCUT2D eigenvalue weighted by atomic mass is 32.2. The maximum atomic E-state index is 13.4. The monoisotopic (exact) mass is 308 g/mol. The fourth-order valence-corrected chi connectivity index (χ4v) is 3.25. The predicted molar refractivity (Wildman–Crippen MR) is 78.7 cm³/mol. The van der Waals surface area contributed by atoms with E-state index in [9.17, 15) is 4.39 Å². The number of hydrogen-bond acceptors (Lipinski definition) is 5. The van der Waals surface area contributed by atoms with Gasteiger partial charge in [0.05, 0.1) is 13.7 Å². The molecule has 2 aromatic rings. The van der Waals surface area contributed by atoms with E-state index in [1.807, 2.05) is 0 Å². The van der Waals surface area contributed by atoms with E-state index in [1.165, 1.54) is 23.9 Å². The van der Waals surface area contributed by atoms with Crippen molar-refractivity contribution in [3.63, 3.8) is 0 Å². The number of halogens is 1. The predicted octanol–water partition coefficient (Wildman–Crippen LogP) is 2.51. The Kier molecular flexibility index (Phi) is 4.12. The summed E-state index contributed by atoms with van der Waals surface area (Å²) in [5.41, 5.74) is 6.51. The maximum absolute atomic E-state index is 13.4. The molecule has 5 nitrogen and oxygen atoms in total. The van der Waals surface area contributed by atoms with Crippen LogP contribution in [0, 0.1) is 5.82 Å². The SMILES string of the molecule is COc1ccc(F)cc1CSc1nnc(CN)n1C1CC1. The first-order valence-corrected chi connectivity index (χ1v) is 7.80. The molecular formula is C14H17FN4OS. The lowest BCUT2D eigenvalue weighted by Crippen LogP contribution is -2.08. The van der Waals surface area contributed by atoms with Crippen molar-refractivity contribution >= 4 is 11.8 Å². The van der Waals surface area contributed by atoms with Crippen molar-refractivity contribution in [2.75, 3.05) is 7.11 Å². The summed E-state index contributed by atoms with van der Waals surface area (Å²) in [5, 5.41) is 9.17. The Bertz CT molecular complexity index is 642. The van der Waals surface area contributed by atoms with Gasteiger partial charge in [-0.25, -0.2) is 4.39 Å². The first-order valence-electron chi connectivity index (χ1n) is 6.82. The molecule has 1 aromatic carbocycles. The van der Waals surface area contributed by atoms with Crippen LogP contribution in [0.25, 0.3) is 0 Å². The summed E-state index contributed by atoms with van der Waals surface area (Å²) in [6, 6.07) is 5.00. The van der Waals surface area contributed by atoms with E-state index in [2.05, 4.69) is 14.8 Å². The number of aromatic nitrogens is 3. The van der Waals surface area contributed by atoms with Crippen LogP contribution in [0.3, 0.4) is 0 Å². The van der Waals surface area contributed by atoms with Crippen molar-refractivity contribution < 1.29 is 9.13 Å². The molecule has 1 heterocycles. The summed E-state index contributed by atoms with van der Waals surface area (Å²) >= 11 is 1.53. The van der Waals surface area contributed by atoms with Gasteiger partial charge < -0.3 is 15.0 Å². The fourth-order valence-electron chi connectivity index (χ4n) is 2.25. The molecule has 2 N–H and O–H groups in total. The number of nitrogens with zero attached hydrogens (tertiary/aromatic N) is 3. The molecule has 0 spiro atoms. The van der Waals surface area contributed by atoms with Gasteiger partial charge in [0.15, 0.2) is 5.16 Å². The van der Waals surface area contributed by atoms with Crippen molar-refractivity contribution in [2.45, 2.75) is 36.3 Å². The van der Waals surface area contributed by atoms with E-state index < -0.39 is 0 Å². The molecule has 1 saturated carbocycles. The van der Waals surface area contributed by atoms with Gasteiger partial charge in [-0.15, -0.1) is 10.2 Å². The van der Waals surface area contributed by atoms with Crippen LogP contribution in [0.5, 0.6) is 5.75 Å². The molecule has 1 aromatic heterocycles. The first kappa shape index (κ1) is 14.3. The van der Waals surface area contributed by atoms with E-state index in [0.717, 1.165) is 29.4 Å². The van der Waals surface area contributed by atoms with Crippen LogP contribution < -0.4 is 10.5 Å². The van der Waals surface area contributed by atoms with Crippen LogP contribution in [-0.4, -0.2) is 21.9 Å². The molecule has 3 rings (SSSR count). The van der Waals surface area contributed by atoms with Crippen LogP contribution in [0.2, 0.25) is 0 Å². The number of methoxy groups -OCH3 is 1. The minimum absolute atomic E-state index is 0.266. The van der Waals surface area contributed by atoms with Gasteiger partial charge in [0, 0.05) is 17.4 Å². The van der Waals surface area contributed by atoms with Crippen molar-refractivity contribution in [1.29, 1.82) is 0 Å². The van der Waals surface area contributed by atoms with Crippen LogP contribution in [0.15, 0.2) is 23.4 Å². The number of hydrogen-bond donors (Lipinski definition) is 1. The van der Waals surface area contributed by atoms with Crippen molar-refractivity contribution in [1.82, 2.24) is 14.8 Å². The normalized spacial score (nSPS) is 14.4. The summed E-state index contributed by atoms with van der Waals surface area (Å²) in [7, 11) is 1.58. The van der Waals surface area contributed by atoms with Crippen molar-refractivity contribution in [3.05, 3.63) is 35.4 Å². The molecule has 0 aliphatic heterocycles. The minimum Gasteiger partial charge on any atom is -0.496 e. The maximum Gasteiger partial charge on any atom is 0.191 e. The van der Waals surface area contributed by atoms with Gasteiger partial charge in [-0.3, -0.25) is 0 Å². The van der Waals surface area contributed by atoms with Gasteiger partial charge in [-0.05, 0) is 31.0 Å². The zero-order valence-electron chi connectivity index (χ0n) is 11.8. The van der Waals surface area contributed by atoms with Crippen molar-refractivity contribution in [2.24, 2.45) is 5.73 Å². The molecular weight excluding hydrogens is 291 g/mol. The number of ether oxygens (including phenoxy) is 1. The largest absolute Gasteiger partial charge is 0.496 e. The minimum atomic E-state index is -0.266. The van der Waals surface area contributed by atoms with Crippen LogP contribution >= 0.6 is 11.8 Å². The molecule has 112 valence electrons. The summed E-state index contributed by atoms with van der Waals surface area (Å²) in [5.74, 6) is 1.81. The molecule has 0 amide bonds. The lowest BCUT2D eigenvalue weighted by atomic mass is 10.2. The standard InChI is InChI=1S/C14H17FN4OS/c1-20-12-5-2-10(15)6-9(12)8-21-14-18-17-13(7-16)19(14)11-3-4-11/h2,5-6,11H,3-4,7-8,16H2,1H3. The third-order valence-corrected chi connectivity index (χ3v) is 4.42. The van der Waals surface area contributed by atoms with Crippen LogP contribution in [-0.2, 0) is 12.3 Å². The van der Waals surface area contributed by atoms with E-state index >= 15 is 0 Å². The Morgan fingerprint density at radius 3 is 2.90 bits per heavy atom. The Morgan fingerprint density at radius 2 is 2.24 bits per heavy atom. The Morgan fingerprint density at radius 1 is 1.43 bits per heavy atom. The summed E-state index contributed by atoms with van der Waals surface area (Å²) in [4.78, 5) is 0. The first-order chi connectivity index (χ1) is 10.2. The second kappa shape index (κ2) is 6.03. The molecule has 1 aliphatic carbocycles. The zero-order valence-corrected chi connectivity index (χ0v) is 12.6. The average Bonchev–Trinajstić information content (AvgIpc) is 3.25. The van der Waals surface area contributed by atoms with Crippen LogP contribution in [0.1, 0.15) is 30.3 Å². The Hall–Kier alpha value is -1.60. The average molecular weight is 308 g/mol. The molecule has 1 aliphatic rings. The molecule has 1 fully saturated rings. The van der Waals surface area contributed by atoms with E-state index in [1.54, 1.807) is 13.2 Å². The third kappa shape index (κ3) is 3.03. The summed E-state index contributed by atoms with van der Waals surface area (Å²) in [6.45, 7) is 0.382. The molecule has 0 radical (unpaired) electrons. The number of rotatable bonds is 6. The van der Waals surface area contributed by atoms with Gasteiger partial charge in [-0.2, -0.15) is 0 Å². The van der Waals surface area contributed by atoms with Crippen molar-refractivity contribution in [3.8, 4) is 5.75 Å². The topological polar surface area (TPSA) is 66.0 Å². The lowest BCUT2D eigenvalue weighted by molar-refractivity contribution is 0.410. The van der Waals surface area contributed by atoms with Crippen LogP contribution in [0.4, 0.5) is 4.39 Å². The number of benzene rings is 1. The highest BCUT2D eigenvalue weighted by molar-refractivity contribution is 7.98. The molecule has 7 heteroatoms. The number of nitrogens with two attached hydrogens (primary N) is 1. The van der Waals surface area contributed by atoms with E-state index in [0.29, 0.717) is 24.1 Å². The smallest absolute Gasteiger partial charge is 0.191 e. The van der Waals surface area contributed by atoms with Gasteiger partial charge in [0.1, 0.15) is 17.4 Å². The third-order valence-electron chi connectivity index (χ3n) is 3.43. The molecule has 0 atom stereocenters. The second-order valence-electron chi connectivity index (χ2n) is 4.95. The number of thioether (sulfide) groups is 1. The van der Waals surface area contributed by atoms with Gasteiger partial charge in [0.2, 0.25) is 0 Å². The Labute approximate surface area is 126 Å². The van der Waals surface area contributed by atoms with Gasteiger partial charge in [0.25, 0.3) is 0 Å². The molecule has 0 unspecified atom stereocenters. The molecule has 0 bridgehead atoms. The van der Waals surface area contributed by atoms with Gasteiger partial charge >= 0.3 is 0 Å². The summed E-state index contributed by atoms with van der Waals surface area (Å²) in [6.07, 6.45) is 2.28. The Balaban J connectivity index is 1.79.